The number of aromatic nitrogens is 2. The molecule has 1 aromatic carbocycles. The number of benzene rings is 1. The van der Waals surface area contributed by atoms with Gasteiger partial charge in [0.1, 0.15) is 11.4 Å². The number of anilines is 1. The fourth-order valence-corrected chi connectivity index (χ4v) is 2.93. The molecule has 0 saturated carbocycles. The van der Waals surface area contributed by atoms with E-state index in [4.69, 9.17) is 10.2 Å². The zero-order valence-electron chi connectivity index (χ0n) is 11.2. The molecule has 2 N–H and O–H groups in total. The van der Waals surface area contributed by atoms with Crippen molar-refractivity contribution in [1.82, 2.24) is 9.97 Å². The predicted octanol–water partition coefficient (Wildman–Crippen LogP) is 4.20. The number of rotatable bonds is 2. The van der Waals surface area contributed by atoms with E-state index in [1.807, 2.05) is 30.3 Å². The van der Waals surface area contributed by atoms with E-state index in [1.54, 1.807) is 0 Å². The van der Waals surface area contributed by atoms with Gasteiger partial charge in [-0.3, -0.25) is 0 Å². The van der Waals surface area contributed by atoms with E-state index in [9.17, 15) is 0 Å². The predicted molar refractivity (Wildman–Crippen MR) is 88.5 cm³/mol. The van der Waals surface area contributed by atoms with Gasteiger partial charge in [-0.1, -0.05) is 32.0 Å². The summed E-state index contributed by atoms with van der Waals surface area (Å²) in [4.78, 5) is 8.95. The third-order valence-corrected chi connectivity index (χ3v) is 4.20. The van der Waals surface area contributed by atoms with Crippen molar-refractivity contribution >= 4 is 39.4 Å². The SMILES string of the molecule is CC(C)c1nc(-c2cc3ccccc3o2)nc(N)c1I. The number of nitrogens with two attached hydrogens (primary N) is 1. The zero-order valence-corrected chi connectivity index (χ0v) is 13.4. The Morgan fingerprint density at radius 1 is 1.20 bits per heavy atom. The molecule has 0 radical (unpaired) electrons. The van der Waals surface area contributed by atoms with Crippen LogP contribution < -0.4 is 5.73 Å². The molecule has 5 heteroatoms. The van der Waals surface area contributed by atoms with E-state index in [-0.39, 0.29) is 5.92 Å². The highest BCUT2D eigenvalue weighted by molar-refractivity contribution is 14.1. The summed E-state index contributed by atoms with van der Waals surface area (Å²) in [5, 5.41) is 1.04. The molecule has 0 saturated heterocycles. The highest BCUT2D eigenvalue weighted by atomic mass is 127. The molecular weight excluding hydrogens is 365 g/mol. The van der Waals surface area contributed by atoms with Gasteiger partial charge in [-0.15, -0.1) is 0 Å². The molecule has 0 atom stereocenters. The highest BCUT2D eigenvalue weighted by Crippen LogP contribution is 2.29. The van der Waals surface area contributed by atoms with Crippen LogP contribution in [0.5, 0.6) is 0 Å². The standard InChI is InChI=1S/C15H14IN3O/c1-8(2)13-12(16)14(17)19-15(18-13)11-7-9-5-3-4-6-10(9)20-11/h3-8H,1-2H3,(H2,17,18,19). The lowest BCUT2D eigenvalue weighted by Gasteiger charge is -2.10. The summed E-state index contributed by atoms with van der Waals surface area (Å²) >= 11 is 2.19. The molecular formula is C15H14IN3O. The van der Waals surface area contributed by atoms with Gasteiger partial charge in [-0.2, -0.15) is 0 Å². The number of nitrogens with zero attached hydrogens (tertiary/aromatic N) is 2. The summed E-state index contributed by atoms with van der Waals surface area (Å²) in [5.41, 5.74) is 7.77. The first-order chi connectivity index (χ1) is 9.56. The van der Waals surface area contributed by atoms with E-state index >= 15 is 0 Å². The molecule has 0 unspecified atom stereocenters. The van der Waals surface area contributed by atoms with Gasteiger partial charge < -0.3 is 10.2 Å². The smallest absolute Gasteiger partial charge is 0.197 e. The van der Waals surface area contributed by atoms with Crippen LogP contribution in [0.2, 0.25) is 0 Å². The van der Waals surface area contributed by atoms with Gasteiger partial charge in [0.25, 0.3) is 0 Å². The van der Waals surface area contributed by atoms with Gasteiger partial charge in [0, 0.05) is 5.39 Å². The lowest BCUT2D eigenvalue weighted by Crippen LogP contribution is -2.06. The number of nitrogen functional groups attached to an aromatic ring is 1. The van der Waals surface area contributed by atoms with Crippen molar-refractivity contribution in [1.29, 1.82) is 0 Å². The molecule has 0 aliphatic heterocycles. The van der Waals surface area contributed by atoms with Gasteiger partial charge >= 0.3 is 0 Å². The van der Waals surface area contributed by atoms with Crippen LogP contribution in [0.3, 0.4) is 0 Å². The molecule has 0 bridgehead atoms. The quantitative estimate of drug-likeness (QED) is 0.678. The minimum Gasteiger partial charge on any atom is -0.453 e. The number of para-hydroxylation sites is 1. The summed E-state index contributed by atoms with van der Waals surface area (Å²) in [5.74, 6) is 1.98. The average molecular weight is 379 g/mol. The Bertz CT molecular complexity index is 747. The topological polar surface area (TPSA) is 64.9 Å². The van der Waals surface area contributed by atoms with E-state index < -0.39 is 0 Å². The summed E-state index contributed by atoms with van der Waals surface area (Å²) in [6, 6.07) is 9.80. The Labute approximate surface area is 130 Å². The van der Waals surface area contributed by atoms with Crippen LogP contribution in [0.25, 0.3) is 22.6 Å². The van der Waals surface area contributed by atoms with Crippen LogP contribution in [-0.2, 0) is 0 Å². The second-order valence-electron chi connectivity index (χ2n) is 4.93. The summed E-state index contributed by atoms with van der Waals surface area (Å²) < 4.78 is 6.71. The monoisotopic (exact) mass is 379 g/mol. The maximum Gasteiger partial charge on any atom is 0.197 e. The van der Waals surface area contributed by atoms with Gasteiger partial charge in [-0.05, 0) is 40.6 Å². The minimum atomic E-state index is 0.287. The van der Waals surface area contributed by atoms with Crippen LogP contribution in [0.4, 0.5) is 5.82 Å². The van der Waals surface area contributed by atoms with Crippen molar-refractivity contribution < 1.29 is 4.42 Å². The van der Waals surface area contributed by atoms with Gasteiger partial charge in [-0.25, -0.2) is 9.97 Å². The Morgan fingerprint density at radius 2 is 1.95 bits per heavy atom. The molecule has 0 aliphatic rings. The Kier molecular flexibility index (Phi) is 3.37. The summed E-state index contributed by atoms with van der Waals surface area (Å²) in [6.07, 6.45) is 0. The third kappa shape index (κ3) is 2.26. The minimum absolute atomic E-state index is 0.287. The fraction of sp³-hybridized carbons (Fsp3) is 0.200. The maximum absolute atomic E-state index is 5.99. The van der Waals surface area contributed by atoms with Crippen molar-refractivity contribution in [3.63, 3.8) is 0 Å². The molecule has 0 spiro atoms. The fourth-order valence-electron chi connectivity index (χ4n) is 2.07. The van der Waals surface area contributed by atoms with E-state index in [2.05, 4.69) is 46.4 Å². The molecule has 0 aliphatic carbocycles. The number of hydrogen-bond acceptors (Lipinski definition) is 4. The van der Waals surface area contributed by atoms with Crippen molar-refractivity contribution in [2.24, 2.45) is 0 Å². The molecule has 2 aromatic heterocycles. The summed E-state index contributed by atoms with van der Waals surface area (Å²) in [7, 11) is 0. The molecule has 0 fully saturated rings. The third-order valence-electron chi connectivity index (χ3n) is 3.10. The van der Waals surface area contributed by atoms with Crippen LogP contribution in [-0.4, -0.2) is 9.97 Å². The lowest BCUT2D eigenvalue weighted by molar-refractivity contribution is 0.623. The Hall–Kier alpha value is -1.63. The lowest BCUT2D eigenvalue weighted by atomic mass is 10.1. The second kappa shape index (κ2) is 5.05. The van der Waals surface area contributed by atoms with Crippen molar-refractivity contribution in [3.8, 4) is 11.6 Å². The van der Waals surface area contributed by atoms with E-state index in [0.29, 0.717) is 17.4 Å². The van der Waals surface area contributed by atoms with Crippen LogP contribution >= 0.6 is 22.6 Å². The molecule has 102 valence electrons. The molecule has 0 amide bonds. The highest BCUT2D eigenvalue weighted by Gasteiger charge is 2.16. The number of hydrogen-bond donors (Lipinski definition) is 1. The van der Waals surface area contributed by atoms with Crippen LogP contribution in [0, 0.1) is 3.57 Å². The average Bonchev–Trinajstić information content (AvgIpc) is 2.85. The van der Waals surface area contributed by atoms with Gasteiger partial charge in [0.2, 0.25) is 0 Å². The van der Waals surface area contributed by atoms with Gasteiger partial charge in [0.05, 0.1) is 9.26 Å². The Morgan fingerprint density at radius 3 is 2.65 bits per heavy atom. The summed E-state index contributed by atoms with van der Waals surface area (Å²) in [6.45, 7) is 4.18. The van der Waals surface area contributed by atoms with Crippen molar-refractivity contribution in [3.05, 3.63) is 39.6 Å². The first-order valence-electron chi connectivity index (χ1n) is 6.38. The van der Waals surface area contributed by atoms with Gasteiger partial charge in [0.15, 0.2) is 11.6 Å². The number of furan rings is 1. The van der Waals surface area contributed by atoms with Crippen molar-refractivity contribution in [2.45, 2.75) is 19.8 Å². The molecule has 3 aromatic rings. The maximum atomic E-state index is 5.99. The van der Waals surface area contributed by atoms with E-state index in [1.165, 1.54) is 0 Å². The largest absolute Gasteiger partial charge is 0.453 e. The number of halogens is 1. The first-order valence-corrected chi connectivity index (χ1v) is 7.46. The Balaban J connectivity index is 2.18. The zero-order chi connectivity index (χ0) is 14.3. The number of fused-ring (bicyclic) bond motifs is 1. The second-order valence-corrected chi connectivity index (χ2v) is 6.01. The molecule has 2 heterocycles. The van der Waals surface area contributed by atoms with Crippen LogP contribution in [0.15, 0.2) is 34.7 Å². The molecule has 20 heavy (non-hydrogen) atoms. The molecule has 4 nitrogen and oxygen atoms in total. The first kappa shape index (κ1) is 13.4. The molecule has 3 rings (SSSR count). The van der Waals surface area contributed by atoms with E-state index in [0.717, 1.165) is 20.2 Å². The van der Waals surface area contributed by atoms with Crippen LogP contribution in [0.1, 0.15) is 25.5 Å². The normalized spacial score (nSPS) is 11.4. The van der Waals surface area contributed by atoms with Crippen molar-refractivity contribution in [2.75, 3.05) is 5.73 Å².